The molecule has 3 saturated carbocycles. The predicted octanol–water partition coefficient (Wildman–Crippen LogP) is 14.4. The van der Waals surface area contributed by atoms with Crippen LogP contribution in [-0.4, -0.2) is 121 Å². The number of hydrogen-bond donors (Lipinski definition) is 1. The van der Waals surface area contributed by atoms with Crippen LogP contribution in [0.5, 0.6) is 0 Å². The molecule has 522 valence electrons. The van der Waals surface area contributed by atoms with Crippen LogP contribution in [0.2, 0.25) is 0 Å². The number of ketones is 1. The van der Waals surface area contributed by atoms with E-state index in [0.29, 0.717) is 74.3 Å². The van der Waals surface area contributed by atoms with E-state index in [0.717, 1.165) is 132 Å². The number of amides is 2. The van der Waals surface area contributed by atoms with E-state index >= 15 is 0 Å². The Morgan fingerprint density at radius 1 is 0.585 bits per heavy atom. The second-order valence-electron chi connectivity index (χ2n) is 27.7. The number of ether oxygens (including phenoxy) is 4. The Balaban J connectivity index is 0.000000573. The van der Waals surface area contributed by atoms with E-state index in [1.165, 1.54) is 26.3 Å². The number of benzene rings is 2. The van der Waals surface area contributed by atoms with E-state index in [4.69, 9.17) is 29.5 Å². The van der Waals surface area contributed by atoms with E-state index in [-0.39, 0.29) is 59.4 Å². The highest BCUT2D eigenvalue weighted by molar-refractivity contribution is 6.00. The minimum atomic E-state index is -0.428. The Kier molecular flexibility index (Phi) is 43.4. The van der Waals surface area contributed by atoms with Crippen molar-refractivity contribution in [2.24, 2.45) is 63.8 Å². The van der Waals surface area contributed by atoms with Crippen LogP contribution >= 0.6 is 0 Å². The molecule has 0 aliphatic heterocycles. The van der Waals surface area contributed by atoms with Gasteiger partial charge in [-0.15, -0.1) is 0 Å². The molecule has 6 rings (SSSR count). The summed E-state index contributed by atoms with van der Waals surface area (Å²) in [5, 5.41) is 22.1. The summed E-state index contributed by atoms with van der Waals surface area (Å²) < 4.78 is 19.5. The Morgan fingerprint density at radius 3 is 1.51 bits per heavy atom. The zero-order valence-corrected chi connectivity index (χ0v) is 60.1. The maximum atomic E-state index is 12.3. The molecular formula is C76H117N7O11. The average molecular weight is 1300 g/mol. The quantitative estimate of drug-likeness (QED) is 0.0196. The number of aryl methyl sites for hydroxylation is 2. The van der Waals surface area contributed by atoms with E-state index in [1.807, 2.05) is 107 Å². The summed E-state index contributed by atoms with van der Waals surface area (Å²) in [5.41, 5.74) is 8.15. The Morgan fingerprint density at radius 2 is 1.07 bits per heavy atom. The molecule has 0 atom stereocenters. The molecule has 2 aromatic carbocycles. The third-order valence-electron chi connectivity index (χ3n) is 15.1. The molecule has 0 radical (unpaired) electrons. The predicted molar refractivity (Wildman–Crippen MR) is 372 cm³/mol. The zero-order chi connectivity index (χ0) is 70.6. The number of aromatic nitrogens is 1. The number of nitrogens with zero attached hydrogens (tertiary/aromatic N) is 6. The molecule has 1 N–H and O–H groups in total. The van der Waals surface area contributed by atoms with Crippen molar-refractivity contribution in [1.82, 2.24) is 20.2 Å². The van der Waals surface area contributed by atoms with Gasteiger partial charge in [-0.05, 0) is 162 Å². The Labute approximate surface area is 565 Å². The molecule has 0 saturated heterocycles. The highest BCUT2D eigenvalue weighted by atomic mass is 16.5. The molecular weight excluding hydrogens is 1190 g/mol. The monoisotopic (exact) mass is 1300 g/mol. The van der Waals surface area contributed by atoms with Crippen LogP contribution in [0, 0.1) is 81.3 Å². The molecule has 3 aliphatic rings. The average Bonchev–Trinajstić information content (AvgIpc) is 1.68. The maximum Gasteiger partial charge on any atom is 0.308 e. The van der Waals surface area contributed by atoms with Crippen molar-refractivity contribution in [2.45, 2.75) is 201 Å². The van der Waals surface area contributed by atoms with Crippen LogP contribution in [0.3, 0.4) is 0 Å². The number of nitrogens with one attached hydrogen (secondary N) is 1. The zero-order valence-electron chi connectivity index (χ0n) is 60.1. The fourth-order valence-corrected chi connectivity index (χ4v) is 9.78. The lowest BCUT2D eigenvalue weighted by Crippen LogP contribution is -2.41. The number of pyridine rings is 1. The van der Waals surface area contributed by atoms with Crippen molar-refractivity contribution in [3.63, 3.8) is 0 Å². The summed E-state index contributed by atoms with van der Waals surface area (Å²) in [5.74, 6) is 2.67. The molecule has 3 aromatic rings. The second-order valence-corrected chi connectivity index (χ2v) is 27.7. The summed E-state index contributed by atoms with van der Waals surface area (Å²) in [7, 11) is 0. The van der Waals surface area contributed by atoms with Crippen LogP contribution in [0.15, 0.2) is 84.1 Å². The summed E-state index contributed by atoms with van der Waals surface area (Å²) in [6.45, 7) is 35.6. The normalized spacial score (nSPS) is 16.5. The van der Waals surface area contributed by atoms with Gasteiger partial charge in [-0.1, -0.05) is 137 Å². The molecule has 1 aromatic heterocycles. The van der Waals surface area contributed by atoms with Crippen molar-refractivity contribution in [2.75, 3.05) is 59.2 Å². The van der Waals surface area contributed by atoms with Crippen molar-refractivity contribution in [3.05, 3.63) is 101 Å². The van der Waals surface area contributed by atoms with E-state index in [1.54, 1.807) is 13.1 Å². The molecule has 0 spiro atoms. The number of carbonyl (C=O) groups is 7. The Bertz CT molecular complexity index is 2750. The lowest BCUT2D eigenvalue weighted by molar-refractivity contribution is -0.150. The van der Waals surface area contributed by atoms with Gasteiger partial charge in [0.15, 0.2) is 12.4 Å². The van der Waals surface area contributed by atoms with Crippen LogP contribution in [0.1, 0.15) is 215 Å². The van der Waals surface area contributed by atoms with Gasteiger partial charge in [0, 0.05) is 88.7 Å². The smallest absolute Gasteiger partial charge is 0.308 e. The van der Waals surface area contributed by atoms with Crippen LogP contribution in [-0.2, 0) is 60.6 Å². The van der Waals surface area contributed by atoms with Gasteiger partial charge in [0.2, 0.25) is 5.91 Å². The first-order valence-corrected chi connectivity index (χ1v) is 34.2. The summed E-state index contributed by atoms with van der Waals surface area (Å²) in [6.07, 6.45) is 15.6. The molecule has 94 heavy (non-hydrogen) atoms. The molecule has 1 heterocycles. The molecule has 18 nitrogen and oxygen atoms in total. The van der Waals surface area contributed by atoms with Gasteiger partial charge in [-0.2, -0.15) is 15.6 Å². The number of rotatable bonds is 26. The van der Waals surface area contributed by atoms with Crippen LogP contribution in [0.25, 0.3) is 0 Å². The van der Waals surface area contributed by atoms with Crippen molar-refractivity contribution in [1.29, 1.82) is 10.5 Å². The summed E-state index contributed by atoms with van der Waals surface area (Å²) >= 11 is 0. The second kappa shape index (κ2) is 48.3. The highest BCUT2D eigenvalue weighted by Gasteiger charge is 2.35. The van der Waals surface area contributed by atoms with E-state index in [9.17, 15) is 33.6 Å². The first-order valence-electron chi connectivity index (χ1n) is 34.2. The third kappa shape index (κ3) is 43.4. The molecule has 2 amide bonds. The fraction of sp³-hybridized carbons (Fsp3) is 0.645. The maximum absolute atomic E-state index is 12.3. The fourth-order valence-electron chi connectivity index (χ4n) is 9.78. The van der Waals surface area contributed by atoms with Gasteiger partial charge in [0.05, 0.1) is 43.6 Å². The van der Waals surface area contributed by atoms with Gasteiger partial charge in [-0.25, -0.2) is 0 Å². The van der Waals surface area contributed by atoms with Gasteiger partial charge in [-0.3, -0.25) is 38.5 Å². The third-order valence-corrected chi connectivity index (χ3v) is 15.1. The largest absolute Gasteiger partial charge is 0.466 e. The Hall–Kier alpha value is -7.47. The number of esters is 4. The molecule has 0 bridgehead atoms. The lowest BCUT2D eigenvalue weighted by Gasteiger charge is -2.32. The minimum Gasteiger partial charge on any atom is -0.466 e. The van der Waals surface area contributed by atoms with Crippen molar-refractivity contribution >= 4 is 47.2 Å². The van der Waals surface area contributed by atoms with Gasteiger partial charge < -0.3 is 34.2 Å². The minimum absolute atomic E-state index is 0.0418. The molecule has 0 unspecified atom stereocenters. The topological polar surface area (TPSA) is 248 Å². The van der Waals surface area contributed by atoms with Crippen LogP contribution in [0.4, 0.5) is 0 Å². The lowest BCUT2D eigenvalue weighted by atomic mass is 9.82. The summed E-state index contributed by atoms with van der Waals surface area (Å²) in [6, 6.07) is 28.2. The van der Waals surface area contributed by atoms with Crippen molar-refractivity contribution < 1.29 is 52.5 Å². The van der Waals surface area contributed by atoms with Gasteiger partial charge in [0.25, 0.3) is 5.91 Å². The van der Waals surface area contributed by atoms with E-state index < -0.39 is 5.97 Å². The standard InChI is InChI=1S/C16H26N2O3.C16H26N2O.C14H20N2O.C12H17NO2.C11H14O2.C7H14O2/c1-12(2)9-18(16(20)11-21-13(3)19)10-15-6-4-14(8-17)5-7-15;1-12(2)10-18(16(19)15-7-8-15)11-14-5-3-13(9-17)4-6-14;1-10(2)9-15-16-11(3)13-5-7-14(8-6-13)12(4)17;1-10(2)12(14)15-9-5-7-11-6-3-4-8-13-11;1-10(12)13-9-5-8-11-6-3-2-4-7-11;1-6(8)9-5-7(2,3)4/h12,14-15H,4-7,9-11H2,1-3H3;12-15H,3-8,10-11H2,1-2H3;5-8,10,15H,9H2,1-4H3;3-4,6,8,10H,5,7,9H2,1-2H3;2-4,6-7H,5,8-9H2,1H3;5H2,1-4H3/b;;16-11+;;;. The first-order chi connectivity index (χ1) is 44.4. The highest BCUT2D eigenvalue weighted by Crippen LogP contribution is 2.34. The summed E-state index contributed by atoms with van der Waals surface area (Å²) in [4.78, 5) is 86.4. The number of Topliss-reactive ketones (excluding diaryl/α,β-unsaturated/α-hetero) is 1. The number of carbonyl (C=O) groups excluding carboxylic acids is 7. The van der Waals surface area contributed by atoms with E-state index in [2.05, 4.69) is 86.2 Å². The first kappa shape index (κ1) is 84.5. The molecule has 3 aliphatic carbocycles. The van der Waals surface area contributed by atoms with Crippen molar-refractivity contribution in [3.8, 4) is 12.1 Å². The van der Waals surface area contributed by atoms with Crippen LogP contribution < -0.4 is 5.43 Å². The number of hydrogen-bond acceptors (Lipinski definition) is 16. The number of hydrazone groups is 1. The van der Waals surface area contributed by atoms with Gasteiger partial charge >= 0.3 is 23.9 Å². The molecule has 3 fully saturated rings. The number of nitriles is 2. The SMILES string of the molecule is CC(=O)OCC(=O)N(CC(C)C)CC1CCC(C#N)CC1.CC(=O)OCC(C)(C)C.CC(=O)OCCCc1ccccc1.CC(=O)c1ccc(/C(C)=N/NCC(C)C)cc1.CC(C)C(=O)OCCCc1ccccn1.CC(C)CN(CC1CCC(C#N)CC1)C(=O)C1CC1. The van der Waals surface area contributed by atoms with Gasteiger partial charge in [0.1, 0.15) is 0 Å². The molecule has 18 heteroatoms.